The lowest BCUT2D eigenvalue weighted by Gasteiger charge is -2.26. The monoisotopic (exact) mass is 389 g/mol. The van der Waals surface area contributed by atoms with Gasteiger partial charge in [-0.1, -0.05) is 56.4 Å². The third kappa shape index (κ3) is 6.43. The highest BCUT2D eigenvalue weighted by Crippen LogP contribution is 2.48. The third-order valence-electron chi connectivity index (χ3n) is 7.28. The Labute approximate surface area is 172 Å². The van der Waals surface area contributed by atoms with Crippen LogP contribution in [-0.2, 0) is 0 Å². The van der Waals surface area contributed by atoms with E-state index < -0.39 is 0 Å². The van der Waals surface area contributed by atoms with Crippen molar-refractivity contribution in [1.82, 2.24) is 4.90 Å². The van der Waals surface area contributed by atoms with Crippen LogP contribution in [0.15, 0.2) is 23.8 Å². The van der Waals surface area contributed by atoms with E-state index in [1.807, 2.05) is 6.08 Å². The second-order valence-corrected chi connectivity index (χ2v) is 9.54. The number of aliphatic hydroxyl groups excluding tert-OH is 2. The Balaban J connectivity index is 1.38. The molecule has 0 unspecified atom stereocenters. The molecule has 0 bridgehead atoms. The van der Waals surface area contributed by atoms with Crippen molar-refractivity contribution in [1.29, 1.82) is 0 Å². The summed E-state index contributed by atoms with van der Waals surface area (Å²) in [6, 6.07) is 0. The first kappa shape index (κ1) is 22.1. The van der Waals surface area contributed by atoms with Crippen LogP contribution in [0.2, 0.25) is 0 Å². The van der Waals surface area contributed by atoms with Crippen molar-refractivity contribution in [2.24, 2.45) is 17.8 Å². The Morgan fingerprint density at radius 1 is 1.14 bits per heavy atom. The van der Waals surface area contributed by atoms with Crippen molar-refractivity contribution >= 4 is 0 Å². The lowest BCUT2D eigenvalue weighted by molar-refractivity contribution is 0.139. The molecule has 3 nitrogen and oxygen atoms in total. The largest absolute Gasteiger partial charge is 0.392 e. The minimum Gasteiger partial charge on any atom is -0.392 e. The number of allylic oxidation sites excluding steroid dienone is 2. The number of piperidine rings is 1. The summed E-state index contributed by atoms with van der Waals surface area (Å²) in [4.78, 5) is 2.64. The molecule has 1 heterocycles. The SMILES string of the molecule is CCCCC[C@H](O)C=C[C@@H]1[C@H]2CC(CCCCN3CCCCC3)=C[C@H]2C[C@H]1O. The van der Waals surface area contributed by atoms with E-state index in [1.54, 1.807) is 5.57 Å². The van der Waals surface area contributed by atoms with Crippen LogP contribution < -0.4 is 0 Å². The summed E-state index contributed by atoms with van der Waals surface area (Å²) in [6.07, 6.45) is 20.5. The second kappa shape index (κ2) is 11.5. The lowest BCUT2D eigenvalue weighted by atomic mass is 9.88. The predicted molar refractivity (Wildman–Crippen MR) is 117 cm³/mol. The van der Waals surface area contributed by atoms with Crippen molar-refractivity contribution in [2.45, 2.75) is 96.2 Å². The van der Waals surface area contributed by atoms with Gasteiger partial charge in [-0.05, 0) is 82.8 Å². The van der Waals surface area contributed by atoms with Gasteiger partial charge in [0.2, 0.25) is 0 Å². The van der Waals surface area contributed by atoms with Crippen LogP contribution in [0.5, 0.6) is 0 Å². The Kier molecular flexibility index (Phi) is 9.07. The van der Waals surface area contributed by atoms with E-state index in [2.05, 4.69) is 24.0 Å². The molecule has 2 fully saturated rings. The minimum atomic E-state index is -0.346. The minimum absolute atomic E-state index is 0.230. The molecular weight excluding hydrogens is 346 g/mol. The molecule has 3 rings (SSSR count). The average molecular weight is 390 g/mol. The predicted octanol–water partition coefficient (Wildman–Crippen LogP) is 5.08. The molecule has 0 spiro atoms. The summed E-state index contributed by atoms with van der Waals surface area (Å²) in [5.41, 5.74) is 1.63. The summed E-state index contributed by atoms with van der Waals surface area (Å²) in [7, 11) is 0. The van der Waals surface area contributed by atoms with Crippen molar-refractivity contribution < 1.29 is 10.2 Å². The van der Waals surface area contributed by atoms with E-state index >= 15 is 0 Å². The Bertz CT molecular complexity index is 509. The van der Waals surface area contributed by atoms with Crippen molar-refractivity contribution in [3.05, 3.63) is 23.8 Å². The van der Waals surface area contributed by atoms with Gasteiger partial charge >= 0.3 is 0 Å². The van der Waals surface area contributed by atoms with E-state index in [0.717, 1.165) is 25.7 Å². The molecule has 0 amide bonds. The highest BCUT2D eigenvalue weighted by atomic mass is 16.3. The zero-order valence-corrected chi connectivity index (χ0v) is 18.1. The molecular formula is C25H43NO2. The fraction of sp³-hybridized carbons (Fsp3) is 0.840. The zero-order chi connectivity index (χ0) is 19.8. The normalized spacial score (nSPS) is 32.0. The summed E-state index contributed by atoms with van der Waals surface area (Å²) in [6.45, 7) is 6.09. The fourth-order valence-corrected chi connectivity index (χ4v) is 5.62. The fourth-order valence-electron chi connectivity index (χ4n) is 5.62. The number of likely N-dealkylation sites (tertiary alicyclic amines) is 1. The van der Waals surface area contributed by atoms with Gasteiger partial charge in [0.15, 0.2) is 0 Å². The van der Waals surface area contributed by atoms with E-state index in [4.69, 9.17) is 0 Å². The third-order valence-corrected chi connectivity index (χ3v) is 7.28. The highest BCUT2D eigenvalue weighted by Gasteiger charge is 2.43. The van der Waals surface area contributed by atoms with Crippen LogP contribution in [0, 0.1) is 17.8 Å². The molecule has 28 heavy (non-hydrogen) atoms. The van der Waals surface area contributed by atoms with Gasteiger partial charge in [0.1, 0.15) is 0 Å². The molecule has 2 N–H and O–H groups in total. The molecule has 0 aromatic heterocycles. The van der Waals surface area contributed by atoms with Crippen LogP contribution in [0.4, 0.5) is 0 Å². The molecule has 0 radical (unpaired) electrons. The number of nitrogens with zero attached hydrogens (tertiary/aromatic N) is 1. The van der Waals surface area contributed by atoms with Gasteiger partial charge < -0.3 is 15.1 Å². The summed E-state index contributed by atoms with van der Waals surface area (Å²) >= 11 is 0. The highest BCUT2D eigenvalue weighted by molar-refractivity contribution is 5.21. The molecule has 3 heteroatoms. The molecule has 0 aromatic carbocycles. The van der Waals surface area contributed by atoms with Crippen LogP contribution >= 0.6 is 0 Å². The summed E-state index contributed by atoms with van der Waals surface area (Å²) < 4.78 is 0. The number of rotatable bonds is 11. The molecule has 1 aliphatic heterocycles. The van der Waals surface area contributed by atoms with Gasteiger partial charge in [-0.3, -0.25) is 0 Å². The van der Waals surface area contributed by atoms with E-state index in [-0.39, 0.29) is 18.1 Å². The Morgan fingerprint density at radius 3 is 2.75 bits per heavy atom. The van der Waals surface area contributed by atoms with Gasteiger partial charge in [0.05, 0.1) is 12.2 Å². The van der Waals surface area contributed by atoms with Gasteiger partial charge in [0, 0.05) is 5.92 Å². The van der Waals surface area contributed by atoms with Crippen LogP contribution in [0.1, 0.15) is 84.0 Å². The Morgan fingerprint density at radius 2 is 1.96 bits per heavy atom. The van der Waals surface area contributed by atoms with Gasteiger partial charge in [-0.2, -0.15) is 0 Å². The maximum Gasteiger partial charge on any atom is 0.0721 e. The van der Waals surface area contributed by atoms with E-state index in [9.17, 15) is 10.2 Å². The molecule has 3 aliphatic rings. The number of fused-ring (bicyclic) bond motifs is 1. The first-order chi connectivity index (χ1) is 13.7. The summed E-state index contributed by atoms with van der Waals surface area (Å²) in [5, 5.41) is 20.7. The van der Waals surface area contributed by atoms with Gasteiger partial charge in [-0.15, -0.1) is 0 Å². The molecule has 5 atom stereocenters. The lowest BCUT2D eigenvalue weighted by Crippen LogP contribution is -2.30. The molecule has 160 valence electrons. The number of hydrogen-bond acceptors (Lipinski definition) is 3. The number of unbranched alkanes of at least 4 members (excludes halogenated alkanes) is 3. The van der Waals surface area contributed by atoms with E-state index in [1.165, 1.54) is 71.0 Å². The standard InChI is InChI=1S/C25H43NO2/c1-2-3-5-11-22(27)12-13-23-24-18-20(17-21(24)19-25(23)28)10-6-9-16-26-14-7-4-8-15-26/h12-13,17,21-25,27-28H,2-11,14-16,18-19H2,1H3/t21-,22-,23+,24-,25+/m0/s1. The first-order valence-corrected chi connectivity index (χ1v) is 12.1. The van der Waals surface area contributed by atoms with Crippen LogP contribution in [-0.4, -0.2) is 47.0 Å². The van der Waals surface area contributed by atoms with E-state index in [0.29, 0.717) is 11.8 Å². The topological polar surface area (TPSA) is 43.7 Å². The average Bonchev–Trinajstić information content (AvgIpc) is 3.21. The smallest absolute Gasteiger partial charge is 0.0721 e. The van der Waals surface area contributed by atoms with Gasteiger partial charge in [0.25, 0.3) is 0 Å². The van der Waals surface area contributed by atoms with Crippen LogP contribution in [0.3, 0.4) is 0 Å². The zero-order valence-electron chi connectivity index (χ0n) is 18.1. The molecule has 2 aliphatic carbocycles. The Hall–Kier alpha value is -0.640. The molecule has 1 saturated heterocycles. The van der Waals surface area contributed by atoms with Crippen molar-refractivity contribution in [3.63, 3.8) is 0 Å². The quantitative estimate of drug-likeness (QED) is 0.382. The number of aliphatic hydroxyl groups is 2. The second-order valence-electron chi connectivity index (χ2n) is 9.54. The maximum absolute atomic E-state index is 10.5. The number of hydrogen-bond donors (Lipinski definition) is 2. The van der Waals surface area contributed by atoms with Gasteiger partial charge in [-0.25, -0.2) is 0 Å². The molecule has 1 saturated carbocycles. The summed E-state index contributed by atoms with van der Waals surface area (Å²) in [5.74, 6) is 1.35. The maximum atomic E-state index is 10.5. The first-order valence-electron chi connectivity index (χ1n) is 12.1. The van der Waals surface area contributed by atoms with Crippen molar-refractivity contribution in [2.75, 3.05) is 19.6 Å². The van der Waals surface area contributed by atoms with Crippen LogP contribution in [0.25, 0.3) is 0 Å². The van der Waals surface area contributed by atoms with Crippen molar-refractivity contribution in [3.8, 4) is 0 Å². The molecule has 0 aromatic rings.